The minimum absolute atomic E-state index is 0.701. The summed E-state index contributed by atoms with van der Waals surface area (Å²) in [6.07, 6.45) is 11.0. The summed E-state index contributed by atoms with van der Waals surface area (Å²) in [5.41, 5.74) is 0. The molecule has 0 N–H and O–H groups in total. The van der Waals surface area contributed by atoms with Gasteiger partial charge in [0, 0.05) is 25.0 Å². The van der Waals surface area contributed by atoms with Gasteiger partial charge in [-0.05, 0) is 38.5 Å². The Labute approximate surface area is 115 Å². The van der Waals surface area contributed by atoms with Gasteiger partial charge in [-0.3, -0.25) is 4.90 Å². The van der Waals surface area contributed by atoms with Crippen molar-refractivity contribution in [2.45, 2.75) is 75.9 Å². The Kier molecular flexibility index (Phi) is 2.87. The van der Waals surface area contributed by atoms with E-state index in [1.54, 1.807) is 0 Å². The molecule has 0 unspecified atom stereocenters. The Morgan fingerprint density at radius 2 is 1.68 bits per heavy atom. The van der Waals surface area contributed by atoms with E-state index in [1.807, 2.05) is 0 Å². The van der Waals surface area contributed by atoms with E-state index >= 15 is 0 Å². The third-order valence-electron chi connectivity index (χ3n) is 5.07. The fraction of sp³-hybridized carbons (Fsp3) is 0.867. The lowest BCUT2D eigenvalue weighted by molar-refractivity contribution is 0.173. The molecular weight excluding hydrogens is 236 g/mol. The van der Waals surface area contributed by atoms with E-state index in [4.69, 9.17) is 0 Å². The van der Waals surface area contributed by atoms with Crippen LogP contribution in [0.25, 0.3) is 0 Å². The molecule has 0 aromatic carbocycles. The minimum atomic E-state index is 0.701. The Morgan fingerprint density at radius 1 is 1.00 bits per heavy atom. The van der Waals surface area contributed by atoms with Crippen LogP contribution < -0.4 is 0 Å². The van der Waals surface area contributed by atoms with Crippen molar-refractivity contribution in [3.8, 4) is 0 Å². The second kappa shape index (κ2) is 4.58. The molecule has 19 heavy (non-hydrogen) atoms. The molecule has 4 nitrogen and oxygen atoms in total. The van der Waals surface area contributed by atoms with Crippen molar-refractivity contribution < 1.29 is 0 Å². The zero-order valence-corrected chi connectivity index (χ0v) is 11.9. The highest BCUT2D eigenvalue weighted by atomic mass is 15.3. The molecule has 3 saturated carbocycles. The predicted molar refractivity (Wildman–Crippen MR) is 73.8 cm³/mol. The zero-order valence-electron chi connectivity index (χ0n) is 11.9. The van der Waals surface area contributed by atoms with E-state index in [1.165, 1.54) is 63.0 Å². The van der Waals surface area contributed by atoms with Crippen molar-refractivity contribution in [1.29, 1.82) is 0 Å². The first kappa shape index (κ1) is 11.9. The van der Waals surface area contributed by atoms with E-state index in [0.29, 0.717) is 5.92 Å². The Bertz CT molecular complexity index is 453. The molecule has 3 fully saturated rings. The molecule has 0 radical (unpaired) electrons. The molecule has 0 aliphatic heterocycles. The van der Waals surface area contributed by atoms with Crippen molar-refractivity contribution in [3.05, 3.63) is 11.6 Å². The maximum absolute atomic E-state index is 4.47. The average molecular weight is 260 g/mol. The number of hydrogen-bond donors (Lipinski definition) is 0. The molecule has 0 bridgehead atoms. The molecule has 0 saturated heterocycles. The van der Waals surface area contributed by atoms with Crippen molar-refractivity contribution in [1.82, 2.24) is 19.7 Å². The molecule has 4 heteroatoms. The molecular formula is C15H24N4. The normalized spacial score (nSPS) is 24.5. The van der Waals surface area contributed by atoms with Crippen LogP contribution in [0.4, 0.5) is 0 Å². The molecule has 1 aromatic heterocycles. The molecule has 0 amide bonds. The van der Waals surface area contributed by atoms with Gasteiger partial charge in [-0.2, -0.15) is 0 Å². The standard InChI is InChI=1S/C15H24N4/c1-18-14(16-17-15(18)11-6-7-11)10-19(13-8-9-13)12-4-2-3-5-12/h11-13H,2-10H2,1H3. The van der Waals surface area contributed by atoms with Crippen molar-refractivity contribution in [2.24, 2.45) is 7.05 Å². The van der Waals surface area contributed by atoms with Gasteiger partial charge in [-0.15, -0.1) is 10.2 Å². The summed E-state index contributed by atoms with van der Waals surface area (Å²) in [5.74, 6) is 3.10. The van der Waals surface area contributed by atoms with E-state index in [9.17, 15) is 0 Å². The van der Waals surface area contributed by atoms with Gasteiger partial charge in [0.05, 0.1) is 6.54 Å². The van der Waals surface area contributed by atoms with E-state index in [2.05, 4.69) is 26.7 Å². The zero-order chi connectivity index (χ0) is 12.8. The van der Waals surface area contributed by atoms with Crippen LogP contribution >= 0.6 is 0 Å². The monoisotopic (exact) mass is 260 g/mol. The molecule has 0 atom stereocenters. The van der Waals surface area contributed by atoms with Crippen LogP contribution in [0, 0.1) is 0 Å². The Hall–Kier alpha value is -0.900. The van der Waals surface area contributed by atoms with E-state index in [0.717, 1.165) is 18.6 Å². The second-order valence-corrected chi connectivity index (χ2v) is 6.65. The van der Waals surface area contributed by atoms with Gasteiger partial charge in [-0.25, -0.2) is 0 Å². The third kappa shape index (κ3) is 2.31. The highest BCUT2D eigenvalue weighted by molar-refractivity contribution is 5.08. The van der Waals surface area contributed by atoms with Crippen molar-refractivity contribution in [2.75, 3.05) is 0 Å². The van der Waals surface area contributed by atoms with E-state index in [-0.39, 0.29) is 0 Å². The van der Waals surface area contributed by atoms with Gasteiger partial charge in [0.15, 0.2) is 0 Å². The maximum atomic E-state index is 4.47. The summed E-state index contributed by atoms with van der Waals surface area (Å²) in [6.45, 7) is 1.02. The Balaban J connectivity index is 1.51. The van der Waals surface area contributed by atoms with Crippen LogP contribution in [0.1, 0.15) is 68.9 Å². The van der Waals surface area contributed by atoms with Crippen molar-refractivity contribution >= 4 is 0 Å². The first-order valence-electron chi connectivity index (χ1n) is 7.97. The topological polar surface area (TPSA) is 34.0 Å². The van der Waals surface area contributed by atoms with Crippen LogP contribution in [0.3, 0.4) is 0 Å². The van der Waals surface area contributed by atoms with Crippen LogP contribution in [0.15, 0.2) is 0 Å². The highest BCUT2D eigenvalue weighted by Gasteiger charge is 2.36. The average Bonchev–Trinajstić information content (AvgIpc) is 3.33. The first-order chi connectivity index (χ1) is 9.33. The number of hydrogen-bond acceptors (Lipinski definition) is 3. The quantitative estimate of drug-likeness (QED) is 0.816. The highest BCUT2D eigenvalue weighted by Crippen LogP contribution is 2.39. The summed E-state index contributed by atoms with van der Waals surface area (Å²) in [7, 11) is 2.16. The molecule has 3 aliphatic carbocycles. The third-order valence-corrected chi connectivity index (χ3v) is 5.07. The molecule has 0 spiro atoms. The van der Waals surface area contributed by atoms with Crippen LogP contribution in [0.5, 0.6) is 0 Å². The van der Waals surface area contributed by atoms with Crippen molar-refractivity contribution in [3.63, 3.8) is 0 Å². The van der Waals surface area contributed by atoms with Crippen LogP contribution in [-0.2, 0) is 13.6 Å². The Morgan fingerprint density at radius 3 is 2.32 bits per heavy atom. The van der Waals surface area contributed by atoms with Gasteiger partial charge in [0.2, 0.25) is 0 Å². The van der Waals surface area contributed by atoms with Gasteiger partial charge in [0.25, 0.3) is 0 Å². The molecule has 1 heterocycles. The summed E-state index contributed by atoms with van der Waals surface area (Å²) in [6, 6.07) is 1.65. The lowest BCUT2D eigenvalue weighted by Crippen LogP contribution is -2.35. The molecule has 4 rings (SSSR count). The SMILES string of the molecule is Cn1c(CN(C2CCCC2)C2CC2)nnc1C1CC1. The minimum Gasteiger partial charge on any atom is -0.317 e. The van der Waals surface area contributed by atoms with Gasteiger partial charge in [0.1, 0.15) is 11.6 Å². The largest absolute Gasteiger partial charge is 0.317 e. The summed E-state index contributed by atoms with van der Waals surface area (Å²) in [5, 5.41) is 8.89. The fourth-order valence-corrected chi connectivity index (χ4v) is 3.57. The summed E-state index contributed by atoms with van der Waals surface area (Å²) < 4.78 is 2.27. The summed E-state index contributed by atoms with van der Waals surface area (Å²) in [4.78, 5) is 2.73. The summed E-state index contributed by atoms with van der Waals surface area (Å²) >= 11 is 0. The smallest absolute Gasteiger partial charge is 0.146 e. The predicted octanol–water partition coefficient (Wildman–Crippen LogP) is 2.60. The van der Waals surface area contributed by atoms with Crippen LogP contribution in [-0.4, -0.2) is 31.7 Å². The lowest BCUT2D eigenvalue weighted by Gasteiger charge is -2.28. The number of nitrogens with zero attached hydrogens (tertiary/aromatic N) is 4. The van der Waals surface area contributed by atoms with Gasteiger partial charge >= 0.3 is 0 Å². The molecule has 3 aliphatic rings. The number of aromatic nitrogens is 3. The van der Waals surface area contributed by atoms with E-state index < -0.39 is 0 Å². The van der Waals surface area contributed by atoms with Gasteiger partial charge < -0.3 is 4.57 Å². The van der Waals surface area contributed by atoms with Gasteiger partial charge in [-0.1, -0.05) is 12.8 Å². The number of rotatable bonds is 5. The maximum Gasteiger partial charge on any atom is 0.146 e. The molecule has 104 valence electrons. The second-order valence-electron chi connectivity index (χ2n) is 6.65. The fourth-order valence-electron chi connectivity index (χ4n) is 3.57. The van der Waals surface area contributed by atoms with Crippen LogP contribution in [0.2, 0.25) is 0 Å². The molecule has 1 aromatic rings. The first-order valence-corrected chi connectivity index (χ1v) is 7.97. The lowest BCUT2D eigenvalue weighted by atomic mass is 10.2.